The minimum Gasteiger partial charge on any atom is -0.500 e. The first-order valence-corrected chi connectivity index (χ1v) is 13.6. The molecule has 0 atom stereocenters. The van der Waals surface area contributed by atoms with E-state index in [1.54, 1.807) is 17.5 Å². The second-order valence-electron chi connectivity index (χ2n) is 9.74. The van der Waals surface area contributed by atoms with Crippen LogP contribution in [0.2, 0.25) is 0 Å². The van der Waals surface area contributed by atoms with Gasteiger partial charge in [0.25, 0.3) is 0 Å². The molecular formula is C35H28IrN2OS-2. The maximum absolute atomic E-state index is 7.73. The molecule has 3 nitrogen and oxygen atoms in total. The van der Waals surface area contributed by atoms with E-state index in [1.807, 2.05) is 30.5 Å². The number of nitrogens with zero attached hydrogens (tertiary/aromatic N) is 2. The van der Waals surface area contributed by atoms with Crippen LogP contribution in [0.25, 0.3) is 54.5 Å². The molecule has 0 aliphatic heterocycles. The molecule has 0 unspecified atom stereocenters. The fraction of sp³-hybridized carbons (Fsp3) is 0.143. The summed E-state index contributed by atoms with van der Waals surface area (Å²) in [4.78, 5) is 8.92. The molecule has 0 N–H and O–H groups in total. The van der Waals surface area contributed by atoms with Crippen LogP contribution in [0, 0.1) is 46.7 Å². The average Bonchev–Trinajstić information content (AvgIpc) is 3.64. The zero-order chi connectivity index (χ0) is 28.5. The largest absolute Gasteiger partial charge is 0.500 e. The summed E-state index contributed by atoms with van der Waals surface area (Å²) in [7, 11) is 0. The molecule has 40 heavy (non-hydrogen) atoms. The van der Waals surface area contributed by atoms with E-state index in [4.69, 9.17) is 7.16 Å². The van der Waals surface area contributed by atoms with Crippen LogP contribution in [0.1, 0.15) is 30.6 Å². The van der Waals surface area contributed by atoms with Gasteiger partial charge in [-0.25, -0.2) is 0 Å². The van der Waals surface area contributed by atoms with Crippen molar-refractivity contribution < 1.29 is 27.3 Å². The Morgan fingerprint density at radius 3 is 2.30 bits per heavy atom. The summed E-state index contributed by atoms with van der Waals surface area (Å²) in [6.45, 7) is 6.51. The first kappa shape index (κ1) is 25.3. The molecule has 0 saturated carbocycles. The molecule has 5 heteroatoms. The summed E-state index contributed by atoms with van der Waals surface area (Å²) >= 11 is 1.70. The Kier molecular flexibility index (Phi) is 7.26. The fourth-order valence-electron chi connectivity index (χ4n) is 4.53. The van der Waals surface area contributed by atoms with E-state index < -0.39 is 0 Å². The number of aryl methyl sites for hydroxylation is 5. The zero-order valence-corrected chi connectivity index (χ0v) is 25.7. The third-order valence-electron chi connectivity index (χ3n) is 6.99. The SMILES string of the molecule is Cc1c[c-]c(-c2cc(C)c(C)cn2)cc1.[2H]Cc1cnc(-c2[c-]ccc3c2oc2c4ccsc4ccc32)cc1C[2H].[Ir]. The van der Waals surface area contributed by atoms with Crippen LogP contribution in [0.4, 0.5) is 0 Å². The topological polar surface area (TPSA) is 38.9 Å². The molecule has 0 saturated heterocycles. The maximum atomic E-state index is 7.73. The zero-order valence-electron chi connectivity index (χ0n) is 24.5. The van der Waals surface area contributed by atoms with Gasteiger partial charge in [0.1, 0.15) is 5.58 Å². The third kappa shape index (κ3) is 5.25. The quantitative estimate of drug-likeness (QED) is 0.167. The number of hydrogen-bond donors (Lipinski definition) is 0. The average molecular weight is 719 g/mol. The molecule has 0 aliphatic rings. The smallest absolute Gasteiger partial charge is 0.129 e. The second kappa shape index (κ2) is 11.5. The molecule has 0 aliphatic carbocycles. The van der Waals surface area contributed by atoms with Gasteiger partial charge in [0.05, 0.1) is 5.58 Å². The Morgan fingerprint density at radius 2 is 1.52 bits per heavy atom. The molecule has 0 fully saturated rings. The van der Waals surface area contributed by atoms with Crippen molar-refractivity contribution in [1.82, 2.24) is 9.97 Å². The normalized spacial score (nSPS) is 11.6. The Bertz CT molecular complexity index is 2010. The molecule has 0 bridgehead atoms. The molecule has 3 aromatic carbocycles. The van der Waals surface area contributed by atoms with Crippen LogP contribution in [-0.4, -0.2) is 9.97 Å². The minimum absolute atomic E-state index is 0. The van der Waals surface area contributed by atoms with E-state index in [2.05, 4.69) is 84.7 Å². The third-order valence-corrected chi connectivity index (χ3v) is 7.87. The van der Waals surface area contributed by atoms with Gasteiger partial charge in [0, 0.05) is 50.7 Å². The van der Waals surface area contributed by atoms with E-state index in [0.717, 1.165) is 61.0 Å². The predicted octanol–water partition coefficient (Wildman–Crippen LogP) is 9.75. The molecule has 7 aromatic rings. The van der Waals surface area contributed by atoms with Crippen LogP contribution in [-0.2, 0) is 20.1 Å². The van der Waals surface area contributed by atoms with Gasteiger partial charge in [0.2, 0.25) is 0 Å². The molecular weight excluding hydrogens is 689 g/mol. The van der Waals surface area contributed by atoms with Gasteiger partial charge in [-0.3, -0.25) is 0 Å². The monoisotopic (exact) mass is 719 g/mol. The maximum Gasteiger partial charge on any atom is 0.129 e. The van der Waals surface area contributed by atoms with E-state index >= 15 is 0 Å². The number of hydrogen-bond acceptors (Lipinski definition) is 4. The molecule has 1 radical (unpaired) electrons. The number of rotatable bonds is 2. The summed E-state index contributed by atoms with van der Waals surface area (Å²) in [6.07, 6.45) is 3.61. The summed E-state index contributed by atoms with van der Waals surface area (Å²) < 4.78 is 22.8. The number of aromatic nitrogens is 2. The van der Waals surface area contributed by atoms with Crippen molar-refractivity contribution in [2.45, 2.75) is 34.6 Å². The van der Waals surface area contributed by atoms with E-state index in [1.165, 1.54) is 21.4 Å². The van der Waals surface area contributed by atoms with Crippen molar-refractivity contribution in [3.63, 3.8) is 0 Å². The molecule has 4 heterocycles. The first-order valence-electron chi connectivity index (χ1n) is 14.1. The van der Waals surface area contributed by atoms with Crippen LogP contribution in [0.5, 0.6) is 0 Å². The van der Waals surface area contributed by atoms with Gasteiger partial charge in [-0.15, -0.1) is 64.9 Å². The van der Waals surface area contributed by atoms with Gasteiger partial charge in [-0.1, -0.05) is 47.2 Å². The Balaban J connectivity index is 0.000000189. The van der Waals surface area contributed by atoms with Crippen LogP contribution in [0.3, 0.4) is 0 Å². The van der Waals surface area contributed by atoms with Crippen LogP contribution in [0.15, 0.2) is 82.9 Å². The minimum atomic E-state index is 0. The van der Waals surface area contributed by atoms with Gasteiger partial charge in [0.15, 0.2) is 0 Å². The van der Waals surface area contributed by atoms with Gasteiger partial charge < -0.3 is 14.4 Å². The van der Waals surface area contributed by atoms with Crippen molar-refractivity contribution in [2.75, 3.05) is 0 Å². The number of furan rings is 1. The molecule has 4 aromatic heterocycles. The first-order chi connectivity index (χ1) is 20.0. The molecule has 0 amide bonds. The predicted molar refractivity (Wildman–Crippen MR) is 163 cm³/mol. The number of fused-ring (bicyclic) bond motifs is 5. The molecule has 7 rings (SSSR count). The van der Waals surface area contributed by atoms with Gasteiger partial charge in [-0.05, 0) is 67.7 Å². The van der Waals surface area contributed by atoms with Crippen molar-refractivity contribution in [1.29, 1.82) is 0 Å². The Labute approximate surface area is 255 Å². The van der Waals surface area contributed by atoms with Crippen LogP contribution >= 0.6 is 11.3 Å². The summed E-state index contributed by atoms with van der Waals surface area (Å²) in [5, 5.41) is 5.33. The standard InChI is InChI=1S/C21H14NOS.C14H14N.Ir/c1-12-10-18(22-11-13(12)2)16-5-3-4-14-15-6-7-19-17(8-9-24-19)21(15)23-20(14)16;1-10-4-6-13(7-5-10)14-8-11(2)12(3)9-15-14;/h3-4,6-11H,1-2H3;4-6,8-9H,1-3H3;/q2*-1;/i1D,2D;;. The van der Waals surface area contributed by atoms with E-state index in [-0.39, 0.29) is 33.9 Å². The number of thiophene rings is 1. The summed E-state index contributed by atoms with van der Waals surface area (Å²) in [6, 6.07) is 26.9. The van der Waals surface area contributed by atoms with Crippen molar-refractivity contribution in [3.05, 3.63) is 118 Å². The molecule has 201 valence electrons. The number of benzene rings is 3. The fourth-order valence-corrected chi connectivity index (χ4v) is 5.31. The molecule has 0 spiro atoms. The Morgan fingerprint density at radius 1 is 0.750 bits per heavy atom. The number of pyridine rings is 2. The van der Waals surface area contributed by atoms with Crippen LogP contribution < -0.4 is 0 Å². The summed E-state index contributed by atoms with van der Waals surface area (Å²) in [5.41, 5.74) is 10.6. The second-order valence-corrected chi connectivity index (χ2v) is 10.7. The van der Waals surface area contributed by atoms with Crippen molar-refractivity contribution in [3.8, 4) is 22.5 Å². The van der Waals surface area contributed by atoms with Crippen molar-refractivity contribution >= 4 is 43.4 Å². The van der Waals surface area contributed by atoms with Crippen molar-refractivity contribution in [2.24, 2.45) is 0 Å². The van der Waals surface area contributed by atoms with Gasteiger partial charge >= 0.3 is 0 Å². The van der Waals surface area contributed by atoms with E-state index in [9.17, 15) is 0 Å². The summed E-state index contributed by atoms with van der Waals surface area (Å²) in [5.74, 6) is 0. The Hall–Kier alpha value is -3.63. The van der Waals surface area contributed by atoms with Gasteiger partial charge in [-0.2, -0.15) is 0 Å². The van der Waals surface area contributed by atoms with E-state index in [0.29, 0.717) is 0 Å².